The summed E-state index contributed by atoms with van der Waals surface area (Å²) in [5.74, 6) is 2.17. The fraction of sp³-hybridized carbons (Fsp3) is 0.370. The van der Waals surface area contributed by atoms with Gasteiger partial charge in [-0.15, -0.1) is 0 Å². The van der Waals surface area contributed by atoms with E-state index in [1.54, 1.807) is 18.2 Å². The fourth-order valence-corrected chi connectivity index (χ4v) is 4.58. The van der Waals surface area contributed by atoms with Crippen molar-refractivity contribution >= 4 is 0 Å². The van der Waals surface area contributed by atoms with Crippen LogP contribution in [0.1, 0.15) is 30.1 Å². The standard InChI is InChI=1S/C27H30FN3O3/c28-22-5-1-2-7-24(22)32-16-15-31-13-10-20(11-14-31)18-30-27(23-6-3-4-12-29-23)21-8-9-25-26(17-21)34-19-33-25/h1-9,12,17,20,27,30H,10-11,13-16,18-19H2/t27-/m1/s1. The SMILES string of the molecule is Fc1ccccc1OCCN1CCC(CN[C@H](c2ccc3c(c2)OCO3)c2ccccn2)CC1. The van der Waals surface area contributed by atoms with Crippen LogP contribution in [0.2, 0.25) is 0 Å². The second kappa shape index (κ2) is 10.8. The highest BCUT2D eigenvalue weighted by Gasteiger charge is 2.23. The first kappa shape index (κ1) is 22.6. The minimum atomic E-state index is -0.308. The molecule has 0 amide bonds. The number of aromatic nitrogens is 1. The highest BCUT2D eigenvalue weighted by Crippen LogP contribution is 2.35. The molecule has 0 unspecified atom stereocenters. The van der Waals surface area contributed by atoms with Gasteiger partial charge >= 0.3 is 0 Å². The van der Waals surface area contributed by atoms with Crippen LogP contribution in [0, 0.1) is 11.7 Å². The van der Waals surface area contributed by atoms with Crippen LogP contribution in [-0.4, -0.2) is 49.5 Å². The smallest absolute Gasteiger partial charge is 0.231 e. The van der Waals surface area contributed by atoms with Crippen LogP contribution in [0.3, 0.4) is 0 Å². The van der Waals surface area contributed by atoms with Crippen LogP contribution < -0.4 is 19.5 Å². The van der Waals surface area contributed by atoms with Gasteiger partial charge < -0.3 is 19.5 Å². The average Bonchev–Trinajstić information content (AvgIpc) is 3.35. The Bertz CT molecular complexity index is 1070. The molecule has 178 valence electrons. The van der Waals surface area contributed by atoms with Crippen molar-refractivity contribution in [3.63, 3.8) is 0 Å². The van der Waals surface area contributed by atoms with E-state index in [2.05, 4.69) is 27.3 Å². The quantitative estimate of drug-likeness (QED) is 0.507. The van der Waals surface area contributed by atoms with Crippen LogP contribution in [0.5, 0.6) is 17.2 Å². The van der Waals surface area contributed by atoms with Crippen LogP contribution >= 0.6 is 0 Å². The van der Waals surface area contributed by atoms with Crippen molar-refractivity contribution in [1.29, 1.82) is 0 Å². The normalized spacial score (nSPS) is 17.0. The topological polar surface area (TPSA) is 55.9 Å². The molecule has 7 heteroatoms. The Kier molecular flexibility index (Phi) is 7.22. The van der Waals surface area contributed by atoms with E-state index in [-0.39, 0.29) is 18.7 Å². The number of para-hydroxylation sites is 1. The molecule has 1 N–H and O–H groups in total. The molecule has 2 aliphatic heterocycles. The molecule has 1 saturated heterocycles. The van der Waals surface area contributed by atoms with Gasteiger partial charge in [-0.25, -0.2) is 4.39 Å². The van der Waals surface area contributed by atoms with E-state index in [0.717, 1.165) is 61.8 Å². The van der Waals surface area contributed by atoms with Gasteiger partial charge in [0.15, 0.2) is 23.1 Å². The Hall–Kier alpha value is -3.16. The van der Waals surface area contributed by atoms with Crippen molar-refractivity contribution in [3.05, 3.63) is 83.9 Å². The van der Waals surface area contributed by atoms with Crippen LogP contribution in [0.15, 0.2) is 66.9 Å². The fourth-order valence-electron chi connectivity index (χ4n) is 4.58. The third-order valence-electron chi connectivity index (χ3n) is 6.53. The van der Waals surface area contributed by atoms with Gasteiger partial charge in [0, 0.05) is 12.7 Å². The maximum absolute atomic E-state index is 13.7. The first-order chi connectivity index (χ1) is 16.8. The van der Waals surface area contributed by atoms with Gasteiger partial charge in [-0.1, -0.05) is 24.3 Å². The zero-order chi connectivity index (χ0) is 23.2. The van der Waals surface area contributed by atoms with Gasteiger partial charge in [0.1, 0.15) is 6.61 Å². The van der Waals surface area contributed by atoms with Crippen molar-refractivity contribution in [3.8, 4) is 17.2 Å². The molecule has 3 heterocycles. The van der Waals surface area contributed by atoms with Crippen molar-refractivity contribution in [2.75, 3.05) is 39.6 Å². The van der Waals surface area contributed by atoms with Gasteiger partial charge in [0.05, 0.1) is 11.7 Å². The van der Waals surface area contributed by atoms with E-state index >= 15 is 0 Å². The molecule has 3 aromatic rings. The molecule has 0 saturated carbocycles. The monoisotopic (exact) mass is 463 g/mol. The van der Waals surface area contributed by atoms with Gasteiger partial charge in [0.2, 0.25) is 6.79 Å². The summed E-state index contributed by atoms with van der Waals surface area (Å²) in [6.07, 6.45) is 4.06. The molecule has 6 nitrogen and oxygen atoms in total. The number of fused-ring (bicyclic) bond motifs is 1. The highest BCUT2D eigenvalue weighted by molar-refractivity contribution is 5.46. The number of nitrogens with one attached hydrogen (secondary N) is 1. The van der Waals surface area contributed by atoms with Crippen molar-refractivity contribution in [1.82, 2.24) is 15.2 Å². The summed E-state index contributed by atoms with van der Waals surface area (Å²) in [6, 6.07) is 18.7. The number of pyridine rings is 1. The van der Waals surface area contributed by atoms with Crippen molar-refractivity contribution < 1.29 is 18.6 Å². The van der Waals surface area contributed by atoms with Gasteiger partial charge in [-0.05, 0) is 80.4 Å². The van der Waals surface area contributed by atoms with Gasteiger partial charge in [-0.2, -0.15) is 0 Å². The molecule has 5 rings (SSSR count). The lowest BCUT2D eigenvalue weighted by molar-refractivity contribution is 0.151. The molecule has 0 radical (unpaired) electrons. The zero-order valence-corrected chi connectivity index (χ0v) is 19.2. The maximum atomic E-state index is 13.7. The Morgan fingerprint density at radius 1 is 1.03 bits per heavy atom. The summed E-state index contributed by atoms with van der Waals surface area (Å²) < 4.78 is 30.4. The molecule has 1 atom stereocenters. The molecule has 34 heavy (non-hydrogen) atoms. The van der Waals surface area contributed by atoms with Crippen molar-refractivity contribution in [2.24, 2.45) is 5.92 Å². The number of hydrogen-bond donors (Lipinski definition) is 1. The average molecular weight is 464 g/mol. The number of likely N-dealkylation sites (tertiary alicyclic amines) is 1. The molecule has 2 aliphatic rings. The summed E-state index contributed by atoms with van der Waals surface area (Å²) in [7, 11) is 0. The van der Waals surface area contributed by atoms with E-state index in [1.807, 2.05) is 30.5 Å². The molecular formula is C27H30FN3O3. The number of halogens is 1. The third kappa shape index (κ3) is 5.48. The molecule has 0 spiro atoms. The number of piperidine rings is 1. The van der Waals surface area contributed by atoms with Gasteiger partial charge in [0.25, 0.3) is 0 Å². The second-order valence-corrected chi connectivity index (χ2v) is 8.77. The van der Waals surface area contributed by atoms with E-state index in [0.29, 0.717) is 18.3 Å². The Morgan fingerprint density at radius 3 is 2.68 bits per heavy atom. The van der Waals surface area contributed by atoms with Crippen LogP contribution in [0.4, 0.5) is 4.39 Å². The van der Waals surface area contributed by atoms with Gasteiger partial charge in [-0.3, -0.25) is 9.88 Å². The Labute approximate surface area is 199 Å². The lowest BCUT2D eigenvalue weighted by atomic mass is 9.95. The predicted octanol–water partition coefficient (Wildman–Crippen LogP) is 4.42. The Balaban J connectivity index is 1.13. The first-order valence-electron chi connectivity index (χ1n) is 11.9. The Morgan fingerprint density at radius 2 is 1.85 bits per heavy atom. The highest BCUT2D eigenvalue weighted by atomic mass is 19.1. The zero-order valence-electron chi connectivity index (χ0n) is 19.2. The summed E-state index contributed by atoms with van der Waals surface area (Å²) >= 11 is 0. The van der Waals surface area contributed by atoms with Crippen molar-refractivity contribution in [2.45, 2.75) is 18.9 Å². The molecule has 0 aliphatic carbocycles. The van der Waals surface area contributed by atoms with Crippen LogP contribution in [0.25, 0.3) is 0 Å². The molecule has 1 aromatic heterocycles. The van der Waals surface area contributed by atoms with E-state index in [1.165, 1.54) is 6.07 Å². The summed E-state index contributed by atoms with van der Waals surface area (Å²) in [5.41, 5.74) is 2.11. The lowest BCUT2D eigenvalue weighted by Gasteiger charge is -2.33. The molecular weight excluding hydrogens is 433 g/mol. The number of ether oxygens (including phenoxy) is 3. The number of hydrogen-bond acceptors (Lipinski definition) is 6. The second-order valence-electron chi connectivity index (χ2n) is 8.77. The molecule has 2 aromatic carbocycles. The van der Waals surface area contributed by atoms with E-state index < -0.39 is 0 Å². The number of rotatable bonds is 9. The molecule has 1 fully saturated rings. The lowest BCUT2D eigenvalue weighted by Crippen LogP contribution is -2.40. The minimum Gasteiger partial charge on any atom is -0.489 e. The maximum Gasteiger partial charge on any atom is 0.231 e. The summed E-state index contributed by atoms with van der Waals surface area (Å²) in [6.45, 7) is 4.52. The number of benzene rings is 2. The third-order valence-corrected chi connectivity index (χ3v) is 6.53. The number of nitrogens with zero attached hydrogens (tertiary/aromatic N) is 2. The predicted molar refractivity (Wildman–Crippen MR) is 128 cm³/mol. The first-order valence-corrected chi connectivity index (χ1v) is 11.9. The van der Waals surface area contributed by atoms with Crippen LogP contribution in [-0.2, 0) is 0 Å². The summed E-state index contributed by atoms with van der Waals surface area (Å²) in [5, 5.41) is 3.76. The minimum absolute atomic E-state index is 0.0112. The van der Waals surface area contributed by atoms with E-state index in [9.17, 15) is 4.39 Å². The molecule has 0 bridgehead atoms. The largest absolute Gasteiger partial charge is 0.489 e. The summed E-state index contributed by atoms with van der Waals surface area (Å²) in [4.78, 5) is 7.00. The van der Waals surface area contributed by atoms with E-state index in [4.69, 9.17) is 14.2 Å².